The Morgan fingerprint density at radius 1 is 1.43 bits per heavy atom. The van der Waals surface area contributed by atoms with Crippen molar-refractivity contribution < 1.29 is 0 Å². The van der Waals surface area contributed by atoms with Crippen LogP contribution in [0.4, 0.5) is 0 Å². The van der Waals surface area contributed by atoms with Crippen LogP contribution in [0.15, 0.2) is 24.3 Å². The van der Waals surface area contributed by atoms with Gasteiger partial charge in [-0.15, -0.1) is 0 Å². The van der Waals surface area contributed by atoms with E-state index >= 15 is 0 Å². The van der Waals surface area contributed by atoms with E-state index in [0.29, 0.717) is 12.5 Å². The molecule has 0 heterocycles. The number of hydrogen-bond acceptors (Lipinski definition) is 1. The van der Waals surface area contributed by atoms with Gasteiger partial charge in [-0.25, -0.2) is 0 Å². The fourth-order valence-corrected chi connectivity index (χ4v) is 1.83. The second-order valence-corrected chi connectivity index (χ2v) is 4.07. The molecular formula is C12H18ClN. The molecule has 0 aromatic heterocycles. The third-order valence-corrected chi connectivity index (χ3v) is 2.75. The number of nitrogens with two attached hydrogens (primary N) is 1. The van der Waals surface area contributed by atoms with Gasteiger partial charge in [0.05, 0.1) is 0 Å². The molecule has 2 N–H and O–H groups in total. The molecule has 0 saturated heterocycles. The number of hydrogen-bond donors (Lipinski definition) is 1. The summed E-state index contributed by atoms with van der Waals surface area (Å²) in [5, 5.41) is 0.803. The predicted molar refractivity (Wildman–Crippen MR) is 62.8 cm³/mol. The van der Waals surface area contributed by atoms with Gasteiger partial charge in [-0.3, -0.25) is 0 Å². The number of benzene rings is 1. The molecule has 2 heteroatoms. The molecule has 0 radical (unpaired) electrons. The highest BCUT2D eigenvalue weighted by molar-refractivity contribution is 6.30. The van der Waals surface area contributed by atoms with E-state index in [1.165, 1.54) is 18.4 Å². The maximum Gasteiger partial charge on any atom is 0.0408 e. The van der Waals surface area contributed by atoms with Gasteiger partial charge < -0.3 is 5.73 Å². The summed E-state index contributed by atoms with van der Waals surface area (Å²) >= 11 is 5.94. The van der Waals surface area contributed by atoms with Gasteiger partial charge in [0.25, 0.3) is 0 Å². The summed E-state index contributed by atoms with van der Waals surface area (Å²) in [5.74, 6) is 0.466. The van der Waals surface area contributed by atoms with Gasteiger partial charge >= 0.3 is 0 Å². The Bertz CT molecular complexity index is 273. The van der Waals surface area contributed by atoms with Crippen LogP contribution in [0.25, 0.3) is 0 Å². The normalized spacial score (nSPS) is 12.8. The highest BCUT2D eigenvalue weighted by atomic mass is 35.5. The lowest BCUT2D eigenvalue weighted by Gasteiger charge is -2.14. The van der Waals surface area contributed by atoms with E-state index in [2.05, 4.69) is 13.0 Å². The van der Waals surface area contributed by atoms with Crippen LogP contribution in [0.5, 0.6) is 0 Å². The fraction of sp³-hybridized carbons (Fsp3) is 0.500. The summed E-state index contributed by atoms with van der Waals surface area (Å²) in [6.07, 6.45) is 3.61. The zero-order valence-electron chi connectivity index (χ0n) is 8.67. The van der Waals surface area contributed by atoms with Crippen molar-refractivity contribution >= 4 is 11.6 Å². The van der Waals surface area contributed by atoms with E-state index in [-0.39, 0.29) is 0 Å². The fourth-order valence-electron chi connectivity index (χ4n) is 1.63. The average molecular weight is 212 g/mol. The SMILES string of the molecule is CCCCC(CN)c1cccc(Cl)c1. The molecule has 1 atom stereocenters. The zero-order chi connectivity index (χ0) is 10.4. The summed E-state index contributed by atoms with van der Waals surface area (Å²) in [6, 6.07) is 8.03. The van der Waals surface area contributed by atoms with Crippen molar-refractivity contribution in [3.05, 3.63) is 34.9 Å². The first-order valence-corrected chi connectivity index (χ1v) is 5.61. The van der Waals surface area contributed by atoms with Crippen molar-refractivity contribution in [3.8, 4) is 0 Å². The highest BCUT2D eigenvalue weighted by Crippen LogP contribution is 2.23. The minimum Gasteiger partial charge on any atom is -0.330 e. The van der Waals surface area contributed by atoms with E-state index in [1.807, 2.05) is 18.2 Å². The van der Waals surface area contributed by atoms with E-state index in [9.17, 15) is 0 Å². The van der Waals surface area contributed by atoms with Crippen LogP contribution in [0.1, 0.15) is 37.7 Å². The van der Waals surface area contributed by atoms with Crippen molar-refractivity contribution in [2.45, 2.75) is 32.1 Å². The van der Waals surface area contributed by atoms with Gasteiger partial charge in [0.15, 0.2) is 0 Å². The third-order valence-electron chi connectivity index (χ3n) is 2.51. The number of halogens is 1. The lowest BCUT2D eigenvalue weighted by Crippen LogP contribution is -2.12. The molecule has 0 fully saturated rings. The molecule has 0 amide bonds. The van der Waals surface area contributed by atoms with Crippen LogP contribution in [0.2, 0.25) is 5.02 Å². The Hall–Kier alpha value is -0.530. The first-order valence-electron chi connectivity index (χ1n) is 5.23. The molecule has 1 aromatic rings. The number of unbranched alkanes of at least 4 members (excludes halogenated alkanes) is 1. The molecular weight excluding hydrogens is 194 g/mol. The van der Waals surface area contributed by atoms with E-state index < -0.39 is 0 Å². The summed E-state index contributed by atoms with van der Waals surface area (Å²) in [5.41, 5.74) is 7.02. The van der Waals surface area contributed by atoms with E-state index in [1.54, 1.807) is 0 Å². The molecule has 1 rings (SSSR count). The topological polar surface area (TPSA) is 26.0 Å². The summed E-state index contributed by atoms with van der Waals surface area (Å²) in [4.78, 5) is 0. The van der Waals surface area contributed by atoms with Gasteiger partial charge in [-0.05, 0) is 36.6 Å². The van der Waals surface area contributed by atoms with Gasteiger partial charge in [-0.1, -0.05) is 43.5 Å². The molecule has 1 unspecified atom stereocenters. The molecule has 0 spiro atoms. The van der Waals surface area contributed by atoms with Crippen molar-refractivity contribution in [2.75, 3.05) is 6.54 Å². The molecule has 1 aromatic carbocycles. The highest BCUT2D eigenvalue weighted by Gasteiger charge is 2.08. The maximum absolute atomic E-state index is 5.94. The Kier molecular flexibility index (Phi) is 4.99. The smallest absolute Gasteiger partial charge is 0.0408 e. The minimum atomic E-state index is 0.466. The van der Waals surface area contributed by atoms with Crippen LogP contribution in [0.3, 0.4) is 0 Å². The van der Waals surface area contributed by atoms with Crippen LogP contribution >= 0.6 is 11.6 Å². The average Bonchev–Trinajstić information content (AvgIpc) is 2.19. The molecule has 0 saturated carbocycles. The molecule has 14 heavy (non-hydrogen) atoms. The molecule has 0 bridgehead atoms. The molecule has 0 aliphatic carbocycles. The lowest BCUT2D eigenvalue weighted by molar-refractivity contribution is 0.592. The van der Waals surface area contributed by atoms with Crippen molar-refractivity contribution in [1.82, 2.24) is 0 Å². The van der Waals surface area contributed by atoms with Gasteiger partial charge in [0, 0.05) is 5.02 Å². The lowest BCUT2D eigenvalue weighted by atomic mass is 9.94. The second kappa shape index (κ2) is 6.05. The Morgan fingerprint density at radius 3 is 2.79 bits per heavy atom. The first-order chi connectivity index (χ1) is 6.77. The molecule has 0 aliphatic rings. The quantitative estimate of drug-likeness (QED) is 0.792. The third kappa shape index (κ3) is 3.32. The van der Waals surface area contributed by atoms with Crippen LogP contribution in [0, 0.1) is 0 Å². The summed E-state index contributed by atoms with van der Waals surface area (Å²) < 4.78 is 0. The largest absolute Gasteiger partial charge is 0.330 e. The zero-order valence-corrected chi connectivity index (χ0v) is 9.43. The molecule has 0 aliphatic heterocycles. The Labute approximate surface area is 91.3 Å². The first kappa shape index (κ1) is 11.5. The Morgan fingerprint density at radius 2 is 2.21 bits per heavy atom. The van der Waals surface area contributed by atoms with Crippen molar-refractivity contribution in [2.24, 2.45) is 5.73 Å². The Balaban J connectivity index is 2.68. The van der Waals surface area contributed by atoms with Crippen LogP contribution in [-0.2, 0) is 0 Å². The van der Waals surface area contributed by atoms with Gasteiger partial charge in [-0.2, -0.15) is 0 Å². The van der Waals surface area contributed by atoms with Crippen molar-refractivity contribution in [1.29, 1.82) is 0 Å². The van der Waals surface area contributed by atoms with E-state index in [0.717, 1.165) is 11.4 Å². The summed E-state index contributed by atoms with van der Waals surface area (Å²) in [7, 11) is 0. The van der Waals surface area contributed by atoms with E-state index in [4.69, 9.17) is 17.3 Å². The van der Waals surface area contributed by atoms with Crippen LogP contribution < -0.4 is 5.73 Å². The number of rotatable bonds is 5. The predicted octanol–water partition coefficient (Wildman–Crippen LogP) is 3.57. The maximum atomic E-state index is 5.94. The minimum absolute atomic E-state index is 0.466. The van der Waals surface area contributed by atoms with Gasteiger partial charge in [0.1, 0.15) is 0 Å². The standard InChI is InChI=1S/C12H18ClN/c1-2-3-5-11(9-14)10-6-4-7-12(13)8-10/h4,6-8,11H,2-3,5,9,14H2,1H3. The second-order valence-electron chi connectivity index (χ2n) is 3.63. The van der Waals surface area contributed by atoms with Crippen LogP contribution in [-0.4, -0.2) is 6.54 Å². The molecule has 1 nitrogen and oxygen atoms in total. The summed E-state index contributed by atoms with van der Waals surface area (Å²) in [6.45, 7) is 2.91. The van der Waals surface area contributed by atoms with Crippen molar-refractivity contribution in [3.63, 3.8) is 0 Å². The monoisotopic (exact) mass is 211 g/mol. The van der Waals surface area contributed by atoms with Gasteiger partial charge in [0.2, 0.25) is 0 Å². The molecule has 78 valence electrons.